The van der Waals surface area contributed by atoms with Gasteiger partial charge in [0, 0.05) is 12.0 Å². The van der Waals surface area contributed by atoms with Gasteiger partial charge < -0.3 is 20.9 Å². The average Bonchev–Trinajstić information content (AvgIpc) is 2.46. The van der Waals surface area contributed by atoms with Crippen LogP contribution >= 0.6 is 0 Å². The number of anilines is 1. The molecule has 1 aromatic carbocycles. The summed E-state index contributed by atoms with van der Waals surface area (Å²) in [6.07, 6.45) is 1.31. The van der Waals surface area contributed by atoms with Crippen molar-refractivity contribution in [3.8, 4) is 5.75 Å². The van der Waals surface area contributed by atoms with Crippen LogP contribution in [0.3, 0.4) is 0 Å². The number of ether oxygens (including phenoxy) is 1. The number of nitrogens with one attached hydrogen (secondary N) is 1. The van der Waals surface area contributed by atoms with Gasteiger partial charge in [-0.15, -0.1) is 0 Å². The molecule has 1 rings (SSSR count). The van der Waals surface area contributed by atoms with E-state index < -0.39 is 0 Å². The summed E-state index contributed by atoms with van der Waals surface area (Å²) in [5, 5.41) is 13.1. The number of nitrogens with two attached hydrogens (primary N) is 1. The van der Waals surface area contributed by atoms with E-state index in [9.17, 15) is 9.90 Å². The van der Waals surface area contributed by atoms with Gasteiger partial charge in [-0.25, -0.2) is 0 Å². The highest BCUT2D eigenvalue weighted by Crippen LogP contribution is 2.35. The number of carbonyl (C=O) groups is 1. The lowest BCUT2D eigenvalue weighted by atomic mass is 9.84. The second-order valence-corrected chi connectivity index (χ2v) is 7.72. The largest absolute Gasteiger partial charge is 0.505 e. The average molecular weight is 336 g/mol. The third-order valence-electron chi connectivity index (χ3n) is 3.98. The summed E-state index contributed by atoms with van der Waals surface area (Å²) < 4.78 is 5.39. The first kappa shape index (κ1) is 20.3. The van der Waals surface area contributed by atoms with Crippen LogP contribution in [0, 0.1) is 5.92 Å². The predicted molar refractivity (Wildman–Crippen MR) is 98.2 cm³/mol. The summed E-state index contributed by atoms with van der Waals surface area (Å²) in [6.45, 7) is 10.5. The first-order chi connectivity index (χ1) is 11.1. The van der Waals surface area contributed by atoms with E-state index in [4.69, 9.17) is 10.5 Å². The van der Waals surface area contributed by atoms with Gasteiger partial charge in [-0.1, -0.05) is 40.7 Å². The molecule has 0 saturated heterocycles. The summed E-state index contributed by atoms with van der Waals surface area (Å²) in [4.78, 5) is 12.1. The molecular formula is C19H32N2O3. The van der Waals surface area contributed by atoms with Crippen molar-refractivity contribution in [3.63, 3.8) is 0 Å². The van der Waals surface area contributed by atoms with Gasteiger partial charge in [-0.05, 0) is 36.4 Å². The van der Waals surface area contributed by atoms with E-state index in [1.54, 1.807) is 13.1 Å². The lowest BCUT2D eigenvalue weighted by molar-refractivity contribution is -0.146. The Hall–Kier alpha value is -1.75. The van der Waals surface area contributed by atoms with Crippen molar-refractivity contribution in [1.82, 2.24) is 5.32 Å². The van der Waals surface area contributed by atoms with Crippen LogP contribution in [0.4, 0.5) is 5.69 Å². The molecule has 0 bridgehead atoms. The van der Waals surface area contributed by atoms with E-state index in [0.29, 0.717) is 24.6 Å². The molecule has 5 nitrogen and oxygen atoms in total. The fourth-order valence-corrected chi connectivity index (χ4v) is 2.61. The first-order valence-electron chi connectivity index (χ1n) is 8.52. The Morgan fingerprint density at radius 2 is 1.96 bits per heavy atom. The number of hydrogen-bond donors (Lipinski definition) is 3. The van der Waals surface area contributed by atoms with Crippen LogP contribution in [0.2, 0.25) is 0 Å². The number of phenols is 1. The molecule has 0 aliphatic carbocycles. The Balaban J connectivity index is 2.71. The summed E-state index contributed by atoms with van der Waals surface area (Å²) in [5.74, 6) is 0.325. The molecule has 0 heterocycles. The molecule has 0 saturated carbocycles. The second-order valence-electron chi connectivity index (χ2n) is 7.72. The molecule has 1 aromatic rings. The molecule has 24 heavy (non-hydrogen) atoms. The normalized spacial score (nSPS) is 13.1. The fourth-order valence-electron chi connectivity index (χ4n) is 2.61. The molecule has 4 N–H and O–H groups in total. The minimum absolute atomic E-state index is 0.135. The van der Waals surface area contributed by atoms with Crippen LogP contribution in [-0.2, 0) is 21.4 Å². The number of likely N-dealkylation sites (N-methyl/N-ethyl adjacent to an activating group) is 1. The van der Waals surface area contributed by atoms with Crippen LogP contribution in [-0.4, -0.2) is 30.8 Å². The highest BCUT2D eigenvalue weighted by atomic mass is 16.5. The van der Waals surface area contributed by atoms with Gasteiger partial charge in [-0.3, -0.25) is 4.79 Å². The maximum Gasteiger partial charge on any atom is 0.323 e. The van der Waals surface area contributed by atoms with E-state index in [2.05, 4.69) is 19.2 Å². The third-order valence-corrected chi connectivity index (χ3v) is 3.98. The first-order valence-corrected chi connectivity index (χ1v) is 8.52. The molecule has 0 fully saturated rings. The zero-order valence-corrected chi connectivity index (χ0v) is 15.8. The number of nitrogen functional groups attached to an aromatic ring is 1. The van der Waals surface area contributed by atoms with Crippen LogP contribution in [0.1, 0.15) is 52.2 Å². The van der Waals surface area contributed by atoms with Crippen molar-refractivity contribution in [3.05, 3.63) is 23.3 Å². The molecule has 1 atom stereocenters. The van der Waals surface area contributed by atoms with Gasteiger partial charge in [0.1, 0.15) is 11.8 Å². The van der Waals surface area contributed by atoms with Crippen LogP contribution in [0.25, 0.3) is 0 Å². The second kappa shape index (κ2) is 8.38. The van der Waals surface area contributed by atoms with Gasteiger partial charge >= 0.3 is 5.97 Å². The molecule has 0 aromatic heterocycles. The summed E-state index contributed by atoms with van der Waals surface area (Å²) in [7, 11) is 1.77. The van der Waals surface area contributed by atoms with E-state index >= 15 is 0 Å². The van der Waals surface area contributed by atoms with Gasteiger partial charge in [0.05, 0.1) is 12.3 Å². The van der Waals surface area contributed by atoms with Crippen molar-refractivity contribution < 1.29 is 14.6 Å². The molecule has 1 unspecified atom stereocenters. The molecule has 0 amide bonds. The number of benzene rings is 1. The number of carbonyl (C=O) groups excluding carboxylic acids is 1. The number of esters is 1. The van der Waals surface area contributed by atoms with Gasteiger partial charge in [0.15, 0.2) is 0 Å². The Kier molecular flexibility index (Phi) is 7.08. The number of rotatable bonds is 7. The maximum absolute atomic E-state index is 12.1. The molecule has 136 valence electrons. The van der Waals surface area contributed by atoms with E-state index in [0.717, 1.165) is 17.5 Å². The Morgan fingerprint density at radius 1 is 1.33 bits per heavy atom. The quantitative estimate of drug-likeness (QED) is 0.405. The molecule has 5 heteroatoms. The Labute approximate surface area is 145 Å². The Morgan fingerprint density at radius 3 is 2.46 bits per heavy atom. The van der Waals surface area contributed by atoms with Crippen LogP contribution in [0.5, 0.6) is 5.75 Å². The van der Waals surface area contributed by atoms with E-state index in [1.165, 1.54) is 0 Å². The predicted octanol–water partition coefficient (Wildman–Crippen LogP) is 2.99. The lowest BCUT2D eigenvalue weighted by Crippen LogP contribution is -2.37. The van der Waals surface area contributed by atoms with E-state index in [-0.39, 0.29) is 23.2 Å². The number of aromatic hydroxyl groups is 1. The zero-order valence-electron chi connectivity index (χ0n) is 15.8. The van der Waals surface area contributed by atoms with Crippen molar-refractivity contribution in [2.24, 2.45) is 5.92 Å². The number of hydrogen-bond acceptors (Lipinski definition) is 5. The van der Waals surface area contributed by atoms with Crippen molar-refractivity contribution in [2.45, 2.75) is 58.9 Å². The zero-order chi connectivity index (χ0) is 18.5. The van der Waals surface area contributed by atoms with E-state index in [1.807, 2.05) is 26.8 Å². The fraction of sp³-hybridized carbons (Fsp3) is 0.632. The summed E-state index contributed by atoms with van der Waals surface area (Å²) in [6, 6.07) is 3.39. The van der Waals surface area contributed by atoms with Gasteiger partial charge in [-0.2, -0.15) is 0 Å². The standard InChI is InChI=1S/C19H32N2O3/c1-12(2)9-16(21-6)18(23)24-8-7-13-10-14(19(3,4)5)17(22)15(20)11-13/h10-12,16,21-22H,7-9,20H2,1-6H3. The molecule has 0 spiro atoms. The molecule has 0 radical (unpaired) electrons. The third kappa shape index (κ3) is 5.71. The molecular weight excluding hydrogens is 304 g/mol. The summed E-state index contributed by atoms with van der Waals surface area (Å²) >= 11 is 0. The lowest BCUT2D eigenvalue weighted by Gasteiger charge is -2.22. The molecule has 0 aliphatic rings. The highest BCUT2D eigenvalue weighted by Gasteiger charge is 2.21. The summed E-state index contributed by atoms with van der Waals surface area (Å²) in [5.41, 5.74) is 7.81. The minimum Gasteiger partial charge on any atom is -0.505 e. The van der Waals surface area contributed by atoms with Gasteiger partial charge in [0.2, 0.25) is 0 Å². The topological polar surface area (TPSA) is 84.6 Å². The van der Waals surface area contributed by atoms with Crippen LogP contribution in [0.15, 0.2) is 12.1 Å². The van der Waals surface area contributed by atoms with Crippen molar-refractivity contribution >= 4 is 11.7 Å². The SMILES string of the molecule is CNC(CC(C)C)C(=O)OCCc1cc(N)c(O)c(C(C)(C)C)c1. The van der Waals surface area contributed by atoms with Crippen LogP contribution < -0.4 is 11.1 Å². The maximum atomic E-state index is 12.1. The van der Waals surface area contributed by atoms with Crippen molar-refractivity contribution in [1.29, 1.82) is 0 Å². The smallest absolute Gasteiger partial charge is 0.323 e. The number of phenolic OH excluding ortho intramolecular Hbond substituents is 1. The highest BCUT2D eigenvalue weighted by molar-refractivity contribution is 5.75. The monoisotopic (exact) mass is 336 g/mol. The van der Waals surface area contributed by atoms with Crippen molar-refractivity contribution in [2.75, 3.05) is 19.4 Å². The minimum atomic E-state index is -0.278. The Bertz CT molecular complexity index is 562. The van der Waals surface area contributed by atoms with Gasteiger partial charge in [0.25, 0.3) is 0 Å². The molecule has 0 aliphatic heterocycles.